The first-order valence-corrected chi connectivity index (χ1v) is 7.27. The minimum absolute atomic E-state index is 0.0278. The van der Waals surface area contributed by atoms with E-state index in [1.165, 1.54) is 0 Å². The van der Waals surface area contributed by atoms with Gasteiger partial charge in [-0.1, -0.05) is 0 Å². The lowest BCUT2D eigenvalue weighted by atomic mass is 10.1. The molecule has 24 heavy (non-hydrogen) atoms. The summed E-state index contributed by atoms with van der Waals surface area (Å²) in [6, 6.07) is 0.854. The van der Waals surface area contributed by atoms with E-state index in [2.05, 4.69) is 10.3 Å². The smallest absolute Gasteiger partial charge is 0.412 e. The van der Waals surface area contributed by atoms with E-state index < -0.39 is 35.8 Å². The molecule has 1 aromatic heterocycles. The van der Waals surface area contributed by atoms with Crippen LogP contribution in [0.4, 0.5) is 28.0 Å². The first-order valence-electron chi connectivity index (χ1n) is 7.27. The number of hydrogen-bond acceptors (Lipinski definition) is 4. The van der Waals surface area contributed by atoms with Crippen LogP contribution in [0.3, 0.4) is 0 Å². The van der Waals surface area contributed by atoms with Crippen molar-refractivity contribution in [3.8, 4) is 5.75 Å². The highest BCUT2D eigenvalue weighted by Crippen LogP contribution is 2.57. The van der Waals surface area contributed by atoms with Gasteiger partial charge in [-0.05, 0) is 33.6 Å². The summed E-state index contributed by atoms with van der Waals surface area (Å²) in [5, 5.41) is 2.26. The van der Waals surface area contributed by atoms with Gasteiger partial charge < -0.3 is 9.47 Å². The monoisotopic (exact) mass is 350 g/mol. The Bertz CT molecular complexity index is 622. The second kappa shape index (κ2) is 6.10. The second-order valence-corrected chi connectivity index (χ2v) is 6.70. The second-order valence-electron chi connectivity index (χ2n) is 6.70. The quantitative estimate of drug-likeness (QED) is 0.650. The molecule has 5 nitrogen and oxygen atoms in total. The molecule has 0 saturated heterocycles. The van der Waals surface area contributed by atoms with E-state index in [4.69, 9.17) is 9.47 Å². The van der Waals surface area contributed by atoms with Crippen molar-refractivity contribution in [3.05, 3.63) is 18.2 Å². The van der Waals surface area contributed by atoms with Gasteiger partial charge >= 0.3 is 12.3 Å². The van der Waals surface area contributed by atoms with Crippen molar-refractivity contribution in [2.75, 3.05) is 11.9 Å². The summed E-state index contributed by atoms with van der Waals surface area (Å²) < 4.78 is 62.2. The van der Waals surface area contributed by atoms with E-state index in [1.807, 2.05) is 0 Å². The lowest BCUT2D eigenvalue weighted by Gasteiger charge is -2.22. The number of aromatic nitrogens is 1. The molecule has 1 aromatic rings. The molecule has 0 aliphatic heterocycles. The van der Waals surface area contributed by atoms with Crippen LogP contribution in [0, 0.1) is 11.4 Å². The first kappa shape index (κ1) is 18.3. The van der Waals surface area contributed by atoms with E-state index >= 15 is 0 Å². The van der Waals surface area contributed by atoms with Gasteiger partial charge in [0.1, 0.15) is 17.6 Å². The minimum atomic E-state index is -4.38. The van der Waals surface area contributed by atoms with Gasteiger partial charge in [0.25, 0.3) is 0 Å². The molecule has 2 rings (SSSR count). The molecule has 9 heteroatoms. The van der Waals surface area contributed by atoms with Crippen LogP contribution in [-0.4, -0.2) is 29.5 Å². The molecular weight excluding hydrogens is 332 g/mol. The normalized spacial score (nSPS) is 16.5. The van der Waals surface area contributed by atoms with Gasteiger partial charge in [-0.25, -0.2) is 9.78 Å². The number of hydrogen-bond donors (Lipinski definition) is 1. The van der Waals surface area contributed by atoms with Crippen LogP contribution in [0.5, 0.6) is 5.75 Å². The van der Waals surface area contributed by atoms with Crippen molar-refractivity contribution in [2.24, 2.45) is 5.41 Å². The number of pyridine rings is 1. The van der Waals surface area contributed by atoms with Crippen molar-refractivity contribution in [1.82, 2.24) is 4.98 Å². The highest BCUT2D eigenvalue weighted by molar-refractivity contribution is 5.86. The molecule has 1 amide bonds. The maximum absolute atomic E-state index is 13.3. The van der Waals surface area contributed by atoms with Crippen LogP contribution >= 0.6 is 0 Å². The Kier molecular flexibility index (Phi) is 4.65. The SMILES string of the molecule is CC(C)(C)OC(=O)Nc1cc(F)ncc1OCC1(C(F)(F)F)CC1. The lowest BCUT2D eigenvalue weighted by molar-refractivity contribution is -0.194. The number of alkyl halides is 3. The fraction of sp³-hybridized carbons (Fsp3) is 0.600. The third kappa shape index (κ3) is 4.48. The fourth-order valence-corrected chi connectivity index (χ4v) is 1.92. The number of nitrogens with one attached hydrogen (secondary N) is 1. The molecule has 0 radical (unpaired) electrons. The number of carbonyl (C=O) groups excluding carboxylic acids is 1. The van der Waals surface area contributed by atoms with Crippen LogP contribution in [0.25, 0.3) is 0 Å². The van der Waals surface area contributed by atoms with E-state index in [0.29, 0.717) is 0 Å². The van der Waals surface area contributed by atoms with Crippen LogP contribution in [-0.2, 0) is 4.74 Å². The zero-order valence-corrected chi connectivity index (χ0v) is 13.5. The van der Waals surface area contributed by atoms with Crippen molar-refractivity contribution >= 4 is 11.8 Å². The van der Waals surface area contributed by atoms with Gasteiger partial charge in [0.2, 0.25) is 5.95 Å². The molecule has 1 fully saturated rings. The van der Waals surface area contributed by atoms with Crippen molar-refractivity contribution in [2.45, 2.75) is 45.4 Å². The maximum atomic E-state index is 13.3. The number of ether oxygens (including phenoxy) is 2. The van der Waals surface area contributed by atoms with Crippen molar-refractivity contribution in [1.29, 1.82) is 0 Å². The number of nitrogens with zero attached hydrogens (tertiary/aromatic N) is 1. The van der Waals surface area contributed by atoms with Crippen LogP contribution in [0.15, 0.2) is 12.3 Å². The van der Waals surface area contributed by atoms with Gasteiger partial charge in [-0.2, -0.15) is 17.6 Å². The summed E-state index contributed by atoms with van der Waals surface area (Å²) in [4.78, 5) is 15.1. The van der Waals surface area contributed by atoms with Crippen LogP contribution in [0.2, 0.25) is 0 Å². The summed E-state index contributed by atoms with van der Waals surface area (Å²) in [7, 11) is 0. The van der Waals surface area contributed by atoms with E-state index in [0.717, 1.165) is 12.3 Å². The zero-order chi connectivity index (χ0) is 18.2. The van der Waals surface area contributed by atoms with Gasteiger partial charge in [0.15, 0.2) is 5.75 Å². The van der Waals surface area contributed by atoms with Gasteiger partial charge in [0, 0.05) is 6.07 Å². The molecule has 134 valence electrons. The van der Waals surface area contributed by atoms with Gasteiger partial charge in [-0.3, -0.25) is 5.32 Å². The topological polar surface area (TPSA) is 60.5 Å². The molecule has 0 spiro atoms. The maximum Gasteiger partial charge on any atom is 0.412 e. The average molecular weight is 350 g/mol. The average Bonchev–Trinajstić information content (AvgIpc) is 3.16. The summed E-state index contributed by atoms with van der Waals surface area (Å²) >= 11 is 0. The number of anilines is 1. The van der Waals surface area contributed by atoms with Crippen molar-refractivity contribution in [3.63, 3.8) is 0 Å². The third-order valence-corrected chi connectivity index (χ3v) is 3.43. The summed E-state index contributed by atoms with van der Waals surface area (Å²) in [5.41, 5.74) is -2.81. The summed E-state index contributed by atoms with van der Waals surface area (Å²) in [5.74, 6) is -1.07. The minimum Gasteiger partial charge on any atom is -0.489 e. The van der Waals surface area contributed by atoms with E-state index in [9.17, 15) is 22.4 Å². The van der Waals surface area contributed by atoms with Crippen molar-refractivity contribution < 1.29 is 31.8 Å². The third-order valence-electron chi connectivity index (χ3n) is 3.43. The van der Waals surface area contributed by atoms with Gasteiger partial charge in [-0.15, -0.1) is 0 Å². The van der Waals surface area contributed by atoms with Gasteiger partial charge in [0.05, 0.1) is 11.9 Å². The lowest BCUT2D eigenvalue weighted by Crippen LogP contribution is -2.31. The number of carbonyl (C=O) groups is 1. The predicted octanol–water partition coefficient (Wildman–Crippen LogP) is 4.29. The van der Waals surface area contributed by atoms with E-state index in [-0.39, 0.29) is 24.3 Å². The summed E-state index contributed by atoms with van der Waals surface area (Å²) in [6.07, 6.45) is -4.39. The fourth-order valence-electron chi connectivity index (χ4n) is 1.92. The molecule has 1 N–H and O–H groups in total. The Labute approximate surface area is 136 Å². The molecule has 0 aromatic carbocycles. The Balaban J connectivity index is 2.09. The number of halogens is 4. The van der Waals surface area contributed by atoms with E-state index in [1.54, 1.807) is 20.8 Å². The molecule has 1 aliphatic carbocycles. The largest absolute Gasteiger partial charge is 0.489 e. The highest BCUT2D eigenvalue weighted by Gasteiger charge is 2.63. The molecule has 1 heterocycles. The molecule has 0 bridgehead atoms. The first-order chi connectivity index (χ1) is 10.9. The molecule has 0 atom stereocenters. The highest BCUT2D eigenvalue weighted by atomic mass is 19.4. The Morgan fingerprint density at radius 1 is 1.33 bits per heavy atom. The molecule has 1 saturated carbocycles. The number of rotatable bonds is 4. The molecular formula is C15H18F4N2O3. The Morgan fingerprint density at radius 2 is 1.96 bits per heavy atom. The molecule has 1 aliphatic rings. The van der Waals surface area contributed by atoms with Crippen LogP contribution < -0.4 is 10.1 Å². The predicted molar refractivity (Wildman–Crippen MR) is 77.3 cm³/mol. The Morgan fingerprint density at radius 3 is 2.46 bits per heavy atom. The standard InChI is InChI=1S/C15H18F4N2O3/c1-13(2,3)24-12(22)21-9-6-11(16)20-7-10(9)23-8-14(4-5-14)15(17,18)19/h6-7H,4-5,8H2,1-3H3,(H,20,21,22). The van der Waals surface area contributed by atoms with Crippen LogP contribution in [0.1, 0.15) is 33.6 Å². The molecule has 0 unspecified atom stereocenters. The summed E-state index contributed by atoms with van der Waals surface area (Å²) in [6.45, 7) is 4.29. The zero-order valence-electron chi connectivity index (χ0n) is 13.5. The number of amides is 1. The Hall–Kier alpha value is -2.06.